The standard InChI is InChI=1S/C35H24F10N2O6/c36-18-14-15(33(49)46-32(14)48)20(38)28(22(18)40)52-30-24(42)26(44)31(27(45)25(30)43)53-29-21(39)17-16(19(37)23(29)41)34(50)47(35(17)51)13-8-6-12(7-9-13)10-11-4-2-1-3-5-11/h11-13H,1-10H2,(H,46,48,49). The van der Waals surface area contributed by atoms with E-state index in [1.165, 1.54) is 11.7 Å². The van der Waals surface area contributed by atoms with E-state index in [9.17, 15) is 32.3 Å². The largest absolute Gasteiger partial charge is 0.445 e. The monoisotopic (exact) mass is 758 g/mol. The first-order chi connectivity index (χ1) is 25.1. The Kier molecular flexibility index (Phi) is 9.13. The molecule has 2 fully saturated rings. The van der Waals surface area contributed by atoms with Gasteiger partial charge < -0.3 is 9.47 Å². The van der Waals surface area contributed by atoms with Crippen molar-refractivity contribution in [3.63, 3.8) is 0 Å². The zero-order chi connectivity index (χ0) is 38.2. The molecule has 0 atom stereocenters. The van der Waals surface area contributed by atoms with Crippen LogP contribution in [0, 0.1) is 70.0 Å². The van der Waals surface area contributed by atoms with Crippen LogP contribution in [0.5, 0.6) is 23.0 Å². The lowest BCUT2D eigenvalue weighted by Crippen LogP contribution is -2.42. The Morgan fingerprint density at radius 3 is 1.30 bits per heavy atom. The van der Waals surface area contributed by atoms with Crippen LogP contribution >= 0.6 is 0 Å². The van der Waals surface area contributed by atoms with Crippen molar-refractivity contribution in [3.05, 3.63) is 80.4 Å². The highest BCUT2D eigenvalue weighted by atomic mass is 19.2. The Balaban J connectivity index is 1.17. The molecule has 4 amide bonds. The molecular formula is C35H24F10N2O6. The van der Waals surface area contributed by atoms with E-state index in [4.69, 9.17) is 0 Å². The molecule has 0 bridgehead atoms. The molecule has 2 aliphatic heterocycles. The summed E-state index contributed by atoms with van der Waals surface area (Å²) < 4.78 is 159. The first kappa shape index (κ1) is 36.2. The van der Waals surface area contributed by atoms with Crippen LogP contribution in [0.3, 0.4) is 0 Å². The molecule has 1 N–H and O–H groups in total. The van der Waals surface area contributed by atoms with Gasteiger partial charge in [0, 0.05) is 6.04 Å². The molecule has 0 spiro atoms. The molecule has 0 saturated heterocycles. The molecule has 0 aromatic heterocycles. The number of benzene rings is 3. The average Bonchev–Trinajstić information content (AvgIpc) is 3.59. The smallest absolute Gasteiger partial charge is 0.265 e. The van der Waals surface area contributed by atoms with Crippen LogP contribution in [-0.2, 0) is 0 Å². The Labute approximate surface area is 292 Å². The number of nitrogens with zero attached hydrogens (tertiary/aromatic N) is 1. The van der Waals surface area contributed by atoms with E-state index in [0.29, 0.717) is 42.4 Å². The molecule has 7 rings (SSSR count). The lowest BCUT2D eigenvalue weighted by atomic mass is 9.76. The van der Waals surface area contributed by atoms with Crippen molar-refractivity contribution < 1.29 is 72.6 Å². The minimum Gasteiger partial charge on any atom is -0.445 e. The Morgan fingerprint density at radius 1 is 0.453 bits per heavy atom. The highest BCUT2D eigenvalue weighted by Gasteiger charge is 2.48. The van der Waals surface area contributed by atoms with Crippen LogP contribution in [0.2, 0.25) is 0 Å². The van der Waals surface area contributed by atoms with Crippen molar-refractivity contribution in [1.29, 1.82) is 0 Å². The third-order valence-electron chi connectivity index (χ3n) is 10.3. The molecule has 2 heterocycles. The summed E-state index contributed by atoms with van der Waals surface area (Å²) in [5.41, 5.74) is -5.60. The van der Waals surface area contributed by atoms with Gasteiger partial charge in [-0.1, -0.05) is 32.1 Å². The van der Waals surface area contributed by atoms with Crippen LogP contribution in [0.4, 0.5) is 43.9 Å². The summed E-state index contributed by atoms with van der Waals surface area (Å²) in [5, 5.41) is 1.43. The Hall–Kier alpha value is -5.16. The molecule has 2 aliphatic carbocycles. The summed E-state index contributed by atoms with van der Waals surface area (Å²) in [6.07, 6.45) is 8.44. The first-order valence-electron chi connectivity index (χ1n) is 16.5. The zero-order valence-corrected chi connectivity index (χ0v) is 27.0. The van der Waals surface area contributed by atoms with Gasteiger partial charge in [0.2, 0.25) is 57.9 Å². The second-order valence-electron chi connectivity index (χ2n) is 13.3. The van der Waals surface area contributed by atoms with Crippen LogP contribution in [0.25, 0.3) is 0 Å². The topological polar surface area (TPSA) is 102 Å². The number of fused-ring (bicyclic) bond motifs is 2. The Bertz CT molecular complexity index is 2120. The zero-order valence-electron chi connectivity index (χ0n) is 27.0. The molecule has 0 radical (unpaired) electrons. The summed E-state index contributed by atoms with van der Waals surface area (Å²) in [5.74, 6) is -38.4. The molecule has 8 nitrogen and oxygen atoms in total. The Morgan fingerprint density at radius 2 is 0.811 bits per heavy atom. The molecule has 18 heteroatoms. The quantitative estimate of drug-likeness (QED) is 0.147. The molecule has 0 unspecified atom stereocenters. The lowest BCUT2D eigenvalue weighted by molar-refractivity contribution is 0.0518. The van der Waals surface area contributed by atoms with Crippen molar-refractivity contribution >= 4 is 23.6 Å². The number of carbonyl (C=O) groups excluding carboxylic acids is 4. The van der Waals surface area contributed by atoms with Gasteiger partial charge in [-0.15, -0.1) is 0 Å². The first-order valence-corrected chi connectivity index (χ1v) is 16.5. The number of hydrogen-bond acceptors (Lipinski definition) is 6. The van der Waals surface area contributed by atoms with Crippen LogP contribution in [0.15, 0.2) is 0 Å². The number of carbonyl (C=O) groups is 4. The minimum absolute atomic E-state index is 0.290. The lowest BCUT2D eigenvalue weighted by Gasteiger charge is -2.35. The van der Waals surface area contributed by atoms with E-state index in [1.54, 1.807) is 0 Å². The van der Waals surface area contributed by atoms with Crippen molar-refractivity contribution in [3.8, 4) is 23.0 Å². The molecule has 4 aliphatic rings. The van der Waals surface area contributed by atoms with E-state index >= 15 is 30.7 Å². The molecule has 53 heavy (non-hydrogen) atoms. The van der Waals surface area contributed by atoms with Crippen molar-refractivity contribution in [1.82, 2.24) is 10.2 Å². The molecule has 3 aromatic rings. The normalized spacial score (nSPS) is 20.2. The number of rotatable bonds is 7. The van der Waals surface area contributed by atoms with E-state index in [2.05, 4.69) is 9.47 Å². The predicted molar refractivity (Wildman–Crippen MR) is 158 cm³/mol. The SMILES string of the molecule is O=C1NC(=O)c2c(F)c(Oc3c(F)c(F)c(Oc4c(F)c(F)c5c(c4F)C(=O)N(C4CCC(CC6CCCCC6)CC4)C5=O)c(F)c3F)c(F)c(F)c21. The second kappa shape index (κ2) is 13.4. The number of ether oxygens (including phenoxy) is 2. The van der Waals surface area contributed by atoms with Crippen LogP contribution < -0.4 is 14.8 Å². The van der Waals surface area contributed by atoms with Gasteiger partial charge in [-0.05, 0) is 43.9 Å². The number of nitrogens with one attached hydrogen (secondary N) is 1. The second-order valence-corrected chi connectivity index (χ2v) is 13.3. The van der Waals surface area contributed by atoms with Gasteiger partial charge in [0.05, 0.1) is 22.3 Å². The van der Waals surface area contributed by atoms with Gasteiger partial charge >= 0.3 is 0 Å². The maximum atomic E-state index is 15.7. The molecular weight excluding hydrogens is 734 g/mol. The molecule has 3 aromatic carbocycles. The number of hydrogen-bond donors (Lipinski definition) is 1. The van der Waals surface area contributed by atoms with Crippen LogP contribution in [0.1, 0.15) is 106 Å². The van der Waals surface area contributed by atoms with Gasteiger partial charge in [0.1, 0.15) is 0 Å². The summed E-state index contributed by atoms with van der Waals surface area (Å²) in [4.78, 5) is 50.6. The number of halogens is 10. The van der Waals surface area contributed by atoms with Crippen molar-refractivity contribution in [2.24, 2.45) is 11.8 Å². The van der Waals surface area contributed by atoms with Gasteiger partial charge in [-0.2, -0.15) is 26.3 Å². The van der Waals surface area contributed by atoms with Crippen molar-refractivity contribution in [2.45, 2.75) is 70.3 Å². The fraction of sp³-hybridized carbons (Fsp3) is 0.371. The van der Waals surface area contributed by atoms with Gasteiger partial charge in [0.25, 0.3) is 23.6 Å². The number of imide groups is 2. The average molecular weight is 759 g/mol. The van der Waals surface area contributed by atoms with Crippen LogP contribution in [-0.4, -0.2) is 34.6 Å². The van der Waals surface area contributed by atoms with E-state index in [1.807, 2.05) is 0 Å². The maximum Gasteiger partial charge on any atom is 0.265 e. The van der Waals surface area contributed by atoms with E-state index < -0.39 is 133 Å². The highest BCUT2D eigenvalue weighted by Crippen LogP contribution is 2.45. The predicted octanol–water partition coefficient (Wildman–Crippen LogP) is 8.67. The van der Waals surface area contributed by atoms with Gasteiger partial charge in [-0.25, -0.2) is 17.6 Å². The minimum atomic E-state index is -2.70. The number of amides is 4. The highest BCUT2D eigenvalue weighted by molar-refractivity contribution is 6.22. The van der Waals surface area contributed by atoms with Crippen molar-refractivity contribution in [2.75, 3.05) is 0 Å². The summed E-state index contributed by atoms with van der Waals surface area (Å²) in [6.45, 7) is 0. The van der Waals surface area contributed by atoms with Gasteiger partial charge in [-0.3, -0.25) is 29.4 Å². The third-order valence-corrected chi connectivity index (χ3v) is 10.3. The summed E-state index contributed by atoms with van der Waals surface area (Å²) in [6, 6.07) is -0.814. The fourth-order valence-electron chi connectivity index (χ4n) is 7.69. The van der Waals surface area contributed by atoms with E-state index in [0.717, 1.165) is 32.1 Å². The molecule has 280 valence electrons. The summed E-state index contributed by atoms with van der Waals surface area (Å²) in [7, 11) is 0. The fourth-order valence-corrected chi connectivity index (χ4v) is 7.69. The maximum absolute atomic E-state index is 15.7. The van der Waals surface area contributed by atoms with E-state index in [-0.39, 0.29) is 0 Å². The van der Waals surface area contributed by atoms with Gasteiger partial charge in [0.15, 0.2) is 23.3 Å². The molecule has 2 saturated carbocycles. The third kappa shape index (κ3) is 5.67. The summed E-state index contributed by atoms with van der Waals surface area (Å²) >= 11 is 0.